The van der Waals surface area contributed by atoms with Crippen LogP contribution in [0.1, 0.15) is 17.3 Å². The number of carbonyl (C=O) groups excluding carboxylic acids is 1. The van der Waals surface area contributed by atoms with Gasteiger partial charge in [0, 0.05) is 6.07 Å². The Labute approximate surface area is 139 Å². The van der Waals surface area contributed by atoms with Gasteiger partial charge >= 0.3 is 0 Å². The van der Waals surface area contributed by atoms with E-state index in [1.807, 2.05) is 19.1 Å². The summed E-state index contributed by atoms with van der Waals surface area (Å²) >= 11 is 5.83. The van der Waals surface area contributed by atoms with Crippen LogP contribution >= 0.6 is 11.6 Å². The number of benzene rings is 2. The summed E-state index contributed by atoms with van der Waals surface area (Å²) in [5.41, 5.74) is -0.160. The minimum atomic E-state index is -0.652. The van der Waals surface area contributed by atoms with Gasteiger partial charge in [0.2, 0.25) is 0 Å². The van der Waals surface area contributed by atoms with E-state index in [-0.39, 0.29) is 23.7 Å². The molecular formula is C17H17ClFNO3. The van der Waals surface area contributed by atoms with Crippen molar-refractivity contribution >= 4 is 17.5 Å². The van der Waals surface area contributed by atoms with Crippen molar-refractivity contribution in [2.24, 2.45) is 0 Å². The van der Waals surface area contributed by atoms with Crippen molar-refractivity contribution in [2.75, 3.05) is 19.8 Å². The Kier molecular flexibility index (Phi) is 6.23. The third-order valence-corrected chi connectivity index (χ3v) is 3.28. The first kappa shape index (κ1) is 17.1. The summed E-state index contributed by atoms with van der Waals surface area (Å²) in [6, 6.07) is 11.3. The maximum atomic E-state index is 13.6. The van der Waals surface area contributed by atoms with Gasteiger partial charge in [0.25, 0.3) is 5.91 Å². The number of halogens is 2. The Bertz CT molecular complexity index is 658. The van der Waals surface area contributed by atoms with Crippen molar-refractivity contribution in [1.29, 1.82) is 0 Å². The number of hydrogen-bond donors (Lipinski definition) is 1. The fourth-order valence-corrected chi connectivity index (χ4v) is 2.21. The normalized spacial score (nSPS) is 10.2. The summed E-state index contributed by atoms with van der Waals surface area (Å²) in [5.74, 6) is 0.126. The summed E-state index contributed by atoms with van der Waals surface area (Å²) in [4.78, 5) is 11.9. The van der Waals surface area contributed by atoms with Gasteiger partial charge < -0.3 is 14.8 Å². The molecule has 0 heterocycles. The van der Waals surface area contributed by atoms with Crippen LogP contribution in [0, 0.1) is 5.82 Å². The number of carbonyl (C=O) groups is 1. The standard InChI is InChI=1S/C17H17ClFNO3/c1-2-22-12-5-3-6-13(11-12)23-10-9-20-17(21)16-14(18)7-4-8-15(16)19/h3-8,11H,2,9-10H2,1H3,(H,20,21). The number of rotatable bonds is 7. The van der Waals surface area contributed by atoms with E-state index in [9.17, 15) is 9.18 Å². The molecule has 0 aromatic heterocycles. The van der Waals surface area contributed by atoms with Crippen LogP contribution in [0.25, 0.3) is 0 Å². The molecule has 122 valence electrons. The predicted molar refractivity (Wildman–Crippen MR) is 86.8 cm³/mol. The first-order valence-corrected chi connectivity index (χ1v) is 7.57. The molecule has 0 spiro atoms. The number of ether oxygens (including phenoxy) is 2. The number of hydrogen-bond acceptors (Lipinski definition) is 3. The van der Waals surface area contributed by atoms with Gasteiger partial charge in [-0.05, 0) is 31.2 Å². The van der Waals surface area contributed by atoms with Crippen LogP contribution in [0.4, 0.5) is 4.39 Å². The molecule has 0 unspecified atom stereocenters. The first-order valence-electron chi connectivity index (χ1n) is 7.19. The molecule has 23 heavy (non-hydrogen) atoms. The van der Waals surface area contributed by atoms with Crippen LogP contribution < -0.4 is 14.8 Å². The fourth-order valence-electron chi connectivity index (χ4n) is 1.96. The zero-order valence-electron chi connectivity index (χ0n) is 12.6. The van der Waals surface area contributed by atoms with Crippen molar-refractivity contribution < 1.29 is 18.7 Å². The third kappa shape index (κ3) is 4.86. The van der Waals surface area contributed by atoms with E-state index < -0.39 is 11.7 Å². The highest BCUT2D eigenvalue weighted by Crippen LogP contribution is 2.20. The second-order valence-electron chi connectivity index (χ2n) is 4.61. The van der Waals surface area contributed by atoms with E-state index in [4.69, 9.17) is 21.1 Å². The molecule has 2 aromatic rings. The van der Waals surface area contributed by atoms with Crippen LogP contribution in [0.2, 0.25) is 5.02 Å². The average Bonchev–Trinajstić information content (AvgIpc) is 2.52. The number of amides is 1. The van der Waals surface area contributed by atoms with Crippen molar-refractivity contribution in [1.82, 2.24) is 5.32 Å². The molecule has 0 fully saturated rings. The van der Waals surface area contributed by atoms with Crippen molar-refractivity contribution in [2.45, 2.75) is 6.92 Å². The van der Waals surface area contributed by atoms with Gasteiger partial charge in [-0.15, -0.1) is 0 Å². The Morgan fingerprint density at radius 1 is 1.17 bits per heavy atom. The molecule has 0 saturated carbocycles. The van der Waals surface area contributed by atoms with Crippen LogP contribution in [0.5, 0.6) is 11.5 Å². The smallest absolute Gasteiger partial charge is 0.255 e. The Hall–Kier alpha value is -2.27. The molecule has 0 radical (unpaired) electrons. The third-order valence-electron chi connectivity index (χ3n) is 2.96. The van der Waals surface area contributed by atoms with Gasteiger partial charge in [0.1, 0.15) is 23.9 Å². The highest BCUT2D eigenvalue weighted by Gasteiger charge is 2.14. The maximum Gasteiger partial charge on any atom is 0.255 e. The minimum Gasteiger partial charge on any atom is -0.494 e. The maximum absolute atomic E-state index is 13.6. The highest BCUT2D eigenvalue weighted by molar-refractivity contribution is 6.33. The summed E-state index contributed by atoms with van der Waals surface area (Å²) in [6.07, 6.45) is 0. The fraction of sp³-hybridized carbons (Fsp3) is 0.235. The Balaban J connectivity index is 1.83. The molecule has 0 aliphatic rings. The van der Waals surface area contributed by atoms with Crippen LogP contribution in [-0.4, -0.2) is 25.7 Å². The van der Waals surface area contributed by atoms with E-state index >= 15 is 0 Å². The molecule has 1 amide bonds. The highest BCUT2D eigenvalue weighted by atomic mass is 35.5. The van der Waals surface area contributed by atoms with Crippen molar-refractivity contribution in [3.8, 4) is 11.5 Å². The Morgan fingerprint density at radius 2 is 1.87 bits per heavy atom. The van der Waals surface area contributed by atoms with E-state index in [0.29, 0.717) is 18.1 Å². The van der Waals surface area contributed by atoms with Crippen LogP contribution in [0.15, 0.2) is 42.5 Å². The van der Waals surface area contributed by atoms with Gasteiger partial charge in [0.15, 0.2) is 0 Å². The summed E-state index contributed by atoms with van der Waals surface area (Å²) in [7, 11) is 0. The SMILES string of the molecule is CCOc1cccc(OCCNC(=O)c2c(F)cccc2Cl)c1. The molecule has 1 N–H and O–H groups in total. The van der Waals surface area contributed by atoms with Gasteiger partial charge in [-0.3, -0.25) is 4.79 Å². The second kappa shape index (κ2) is 8.39. The van der Waals surface area contributed by atoms with E-state index in [0.717, 1.165) is 0 Å². The van der Waals surface area contributed by atoms with E-state index in [2.05, 4.69) is 5.32 Å². The van der Waals surface area contributed by atoms with Crippen molar-refractivity contribution in [3.63, 3.8) is 0 Å². The lowest BCUT2D eigenvalue weighted by Gasteiger charge is -2.10. The number of nitrogens with one attached hydrogen (secondary N) is 1. The molecule has 2 rings (SSSR count). The molecule has 0 bridgehead atoms. The lowest BCUT2D eigenvalue weighted by atomic mass is 10.2. The van der Waals surface area contributed by atoms with Crippen LogP contribution in [0.3, 0.4) is 0 Å². The first-order chi connectivity index (χ1) is 11.1. The summed E-state index contributed by atoms with van der Waals surface area (Å²) in [6.45, 7) is 2.94. The zero-order chi connectivity index (χ0) is 16.7. The Morgan fingerprint density at radius 3 is 2.57 bits per heavy atom. The quantitative estimate of drug-likeness (QED) is 0.784. The van der Waals surface area contributed by atoms with Gasteiger partial charge in [0.05, 0.1) is 23.7 Å². The molecule has 0 saturated heterocycles. The minimum absolute atomic E-state index is 0.0767. The predicted octanol–water partition coefficient (Wildman–Crippen LogP) is 3.69. The molecule has 0 aliphatic carbocycles. The molecule has 2 aromatic carbocycles. The topological polar surface area (TPSA) is 47.6 Å². The summed E-state index contributed by atoms with van der Waals surface area (Å²) in [5, 5.41) is 2.65. The van der Waals surface area contributed by atoms with Gasteiger partial charge in [-0.1, -0.05) is 23.7 Å². The largest absolute Gasteiger partial charge is 0.494 e. The van der Waals surface area contributed by atoms with Crippen molar-refractivity contribution in [3.05, 3.63) is 58.9 Å². The zero-order valence-corrected chi connectivity index (χ0v) is 13.4. The average molecular weight is 338 g/mol. The molecule has 6 heteroatoms. The lowest BCUT2D eigenvalue weighted by molar-refractivity contribution is 0.0943. The second-order valence-corrected chi connectivity index (χ2v) is 5.02. The van der Waals surface area contributed by atoms with E-state index in [1.54, 1.807) is 12.1 Å². The molecule has 4 nitrogen and oxygen atoms in total. The van der Waals surface area contributed by atoms with Gasteiger partial charge in [-0.2, -0.15) is 0 Å². The van der Waals surface area contributed by atoms with E-state index in [1.165, 1.54) is 18.2 Å². The van der Waals surface area contributed by atoms with Crippen LogP contribution in [-0.2, 0) is 0 Å². The lowest BCUT2D eigenvalue weighted by Crippen LogP contribution is -2.29. The molecule has 0 atom stereocenters. The molecular weight excluding hydrogens is 321 g/mol. The molecule has 0 aliphatic heterocycles. The van der Waals surface area contributed by atoms with Gasteiger partial charge in [-0.25, -0.2) is 4.39 Å². The summed E-state index contributed by atoms with van der Waals surface area (Å²) < 4.78 is 24.5. The monoisotopic (exact) mass is 337 g/mol.